The second-order valence-corrected chi connectivity index (χ2v) is 6.51. The Kier molecular flexibility index (Phi) is 6.16. The molecular formula is C17H18ClNO2S. The van der Waals surface area contributed by atoms with Gasteiger partial charge in [-0.3, -0.25) is 4.79 Å². The average Bonchev–Trinajstić information content (AvgIpc) is 2.50. The number of anilines is 1. The van der Waals surface area contributed by atoms with Crippen LogP contribution >= 0.6 is 23.4 Å². The molecule has 116 valence electrons. The highest BCUT2D eigenvalue weighted by Gasteiger charge is 2.14. The van der Waals surface area contributed by atoms with E-state index in [2.05, 4.69) is 5.32 Å². The highest BCUT2D eigenvalue weighted by Crippen LogP contribution is 2.26. The van der Waals surface area contributed by atoms with Crippen molar-refractivity contribution in [3.05, 3.63) is 53.6 Å². The van der Waals surface area contributed by atoms with Crippen molar-refractivity contribution in [3.63, 3.8) is 0 Å². The van der Waals surface area contributed by atoms with Crippen molar-refractivity contribution in [2.75, 3.05) is 11.9 Å². The summed E-state index contributed by atoms with van der Waals surface area (Å²) in [5, 5.41) is 3.38. The van der Waals surface area contributed by atoms with Crippen molar-refractivity contribution in [1.29, 1.82) is 0 Å². The summed E-state index contributed by atoms with van der Waals surface area (Å²) in [5.74, 6) is 0.701. The molecule has 0 radical (unpaired) electrons. The second-order valence-electron chi connectivity index (χ2n) is 4.66. The van der Waals surface area contributed by atoms with Gasteiger partial charge in [0.2, 0.25) is 5.91 Å². The number of carbonyl (C=O) groups is 1. The van der Waals surface area contributed by atoms with Crippen molar-refractivity contribution >= 4 is 35.0 Å². The minimum absolute atomic E-state index is 0.0476. The SMILES string of the molecule is CCOc1cccc(NC(=O)[C@@H](C)Sc2ccc(Cl)cc2)c1. The van der Waals surface area contributed by atoms with Gasteiger partial charge in [0.05, 0.1) is 11.9 Å². The topological polar surface area (TPSA) is 38.3 Å². The van der Waals surface area contributed by atoms with E-state index in [0.29, 0.717) is 11.6 Å². The Labute approximate surface area is 140 Å². The third-order valence-electron chi connectivity index (χ3n) is 2.91. The van der Waals surface area contributed by atoms with Gasteiger partial charge in [-0.2, -0.15) is 0 Å². The van der Waals surface area contributed by atoms with E-state index in [-0.39, 0.29) is 11.2 Å². The number of rotatable bonds is 6. The van der Waals surface area contributed by atoms with E-state index >= 15 is 0 Å². The maximum Gasteiger partial charge on any atom is 0.237 e. The van der Waals surface area contributed by atoms with Crippen LogP contribution in [0.1, 0.15) is 13.8 Å². The highest BCUT2D eigenvalue weighted by molar-refractivity contribution is 8.00. The number of ether oxygens (including phenoxy) is 1. The number of carbonyl (C=O) groups excluding carboxylic acids is 1. The third-order valence-corrected chi connectivity index (χ3v) is 4.27. The van der Waals surface area contributed by atoms with Gasteiger partial charge in [-0.15, -0.1) is 11.8 Å². The lowest BCUT2D eigenvalue weighted by atomic mass is 10.3. The zero-order valence-corrected chi connectivity index (χ0v) is 14.1. The maximum absolute atomic E-state index is 12.3. The molecule has 0 aliphatic rings. The predicted molar refractivity (Wildman–Crippen MR) is 93.0 cm³/mol. The van der Waals surface area contributed by atoms with Crippen molar-refractivity contribution in [1.82, 2.24) is 0 Å². The average molecular weight is 336 g/mol. The van der Waals surface area contributed by atoms with Crippen LogP contribution in [-0.4, -0.2) is 17.8 Å². The van der Waals surface area contributed by atoms with E-state index in [1.807, 2.05) is 62.4 Å². The molecule has 0 aliphatic heterocycles. The summed E-state index contributed by atoms with van der Waals surface area (Å²) in [6.07, 6.45) is 0. The summed E-state index contributed by atoms with van der Waals surface area (Å²) < 4.78 is 5.43. The zero-order valence-electron chi connectivity index (χ0n) is 12.5. The fourth-order valence-corrected chi connectivity index (χ4v) is 2.84. The number of thioether (sulfide) groups is 1. The lowest BCUT2D eigenvalue weighted by Gasteiger charge is -2.13. The van der Waals surface area contributed by atoms with Crippen LogP contribution in [0.2, 0.25) is 5.02 Å². The Balaban J connectivity index is 1.96. The van der Waals surface area contributed by atoms with E-state index in [1.165, 1.54) is 11.8 Å². The molecule has 2 aromatic carbocycles. The molecule has 2 aromatic rings. The Hall–Kier alpha value is -1.65. The van der Waals surface area contributed by atoms with Crippen LogP contribution in [0.5, 0.6) is 5.75 Å². The molecule has 5 heteroatoms. The molecule has 0 heterocycles. The predicted octanol–water partition coefficient (Wildman–Crippen LogP) is 4.86. The zero-order chi connectivity index (χ0) is 15.9. The van der Waals surface area contributed by atoms with Gasteiger partial charge < -0.3 is 10.1 Å². The molecule has 1 N–H and O–H groups in total. The Morgan fingerprint density at radius 3 is 2.68 bits per heavy atom. The van der Waals surface area contributed by atoms with Crippen LogP contribution in [0.25, 0.3) is 0 Å². The lowest BCUT2D eigenvalue weighted by molar-refractivity contribution is -0.115. The van der Waals surface area contributed by atoms with Gasteiger partial charge in [0.25, 0.3) is 0 Å². The smallest absolute Gasteiger partial charge is 0.237 e. The van der Waals surface area contributed by atoms with Crippen LogP contribution in [0.15, 0.2) is 53.4 Å². The fraction of sp³-hybridized carbons (Fsp3) is 0.235. The fourth-order valence-electron chi connectivity index (χ4n) is 1.85. The monoisotopic (exact) mass is 335 g/mol. The highest BCUT2D eigenvalue weighted by atomic mass is 35.5. The summed E-state index contributed by atoms with van der Waals surface area (Å²) in [4.78, 5) is 13.3. The summed E-state index contributed by atoms with van der Waals surface area (Å²) in [5.41, 5.74) is 0.736. The maximum atomic E-state index is 12.3. The molecule has 0 bridgehead atoms. The van der Waals surface area contributed by atoms with E-state index in [4.69, 9.17) is 16.3 Å². The van der Waals surface area contributed by atoms with Crippen LogP contribution in [-0.2, 0) is 4.79 Å². The van der Waals surface area contributed by atoms with E-state index < -0.39 is 0 Å². The molecule has 22 heavy (non-hydrogen) atoms. The number of benzene rings is 2. The van der Waals surface area contributed by atoms with Gasteiger partial charge in [-0.05, 0) is 50.2 Å². The number of hydrogen-bond acceptors (Lipinski definition) is 3. The summed E-state index contributed by atoms with van der Waals surface area (Å²) in [6.45, 7) is 4.40. The largest absolute Gasteiger partial charge is 0.494 e. The van der Waals surface area contributed by atoms with Crippen molar-refractivity contribution in [3.8, 4) is 5.75 Å². The number of nitrogens with one attached hydrogen (secondary N) is 1. The molecule has 0 saturated carbocycles. The molecule has 0 fully saturated rings. The van der Waals surface area contributed by atoms with E-state index in [9.17, 15) is 4.79 Å². The standard InChI is InChI=1S/C17H18ClNO2S/c1-3-21-15-6-4-5-14(11-15)19-17(20)12(2)22-16-9-7-13(18)8-10-16/h4-12H,3H2,1-2H3,(H,19,20)/t12-/m1/s1. The number of hydrogen-bond donors (Lipinski definition) is 1. The van der Waals surface area contributed by atoms with Gasteiger partial charge in [0.1, 0.15) is 5.75 Å². The Morgan fingerprint density at radius 2 is 2.00 bits per heavy atom. The first-order chi connectivity index (χ1) is 10.6. The van der Waals surface area contributed by atoms with Crippen LogP contribution in [0, 0.1) is 0 Å². The quantitative estimate of drug-likeness (QED) is 0.766. The molecule has 0 unspecified atom stereocenters. The van der Waals surface area contributed by atoms with E-state index in [1.54, 1.807) is 0 Å². The van der Waals surface area contributed by atoms with Crippen LogP contribution < -0.4 is 10.1 Å². The van der Waals surface area contributed by atoms with Gasteiger partial charge in [-0.25, -0.2) is 0 Å². The number of amides is 1. The summed E-state index contributed by atoms with van der Waals surface area (Å²) in [6, 6.07) is 14.9. The molecule has 0 aliphatic carbocycles. The van der Waals surface area contributed by atoms with Crippen LogP contribution in [0.3, 0.4) is 0 Å². The molecule has 0 aromatic heterocycles. The van der Waals surface area contributed by atoms with Gasteiger partial charge >= 0.3 is 0 Å². The minimum Gasteiger partial charge on any atom is -0.494 e. The first-order valence-electron chi connectivity index (χ1n) is 7.04. The molecule has 2 rings (SSSR count). The summed E-state index contributed by atoms with van der Waals surface area (Å²) in [7, 11) is 0. The van der Waals surface area contributed by atoms with Crippen molar-refractivity contribution in [2.45, 2.75) is 24.0 Å². The number of halogens is 1. The van der Waals surface area contributed by atoms with Gasteiger partial charge in [0, 0.05) is 21.7 Å². The second kappa shape index (κ2) is 8.11. The molecule has 1 amide bonds. The van der Waals surface area contributed by atoms with Crippen molar-refractivity contribution in [2.24, 2.45) is 0 Å². The first-order valence-corrected chi connectivity index (χ1v) is 8.30. The first kappa shape index (κ1) is 16.7. The van der Waals surface area contributed by atoms with E-state index in [0.717, 1.165) is 16.3 Å². The molecule has 0 saturated heterocycles. The molecule has 0 spiro atoms. The lowest BCUT2D eigenvalue weighted by Crippen LogP contribution is -2.22. The van der Waals surface area contributed by atoms with Gasteiger partial charge in [-0.1, -0.05) is 17.7 Å². The normalized spacial score (nSPS) is 11.8. The summed E-state index contributed by atoms with van der Waals surface area (Å²) >= 11 is 7.35. The van der Waals surface area contributed by atoms with Gasteiger partial charge in [0.15, 0.2) is 0 Å². The minimum atomic E-state index is -0.211. The van der Waals surface area contributed by atoms with Crippen LogP contribution in [0.4, 0.5) is 5.69 Å². The third kappa shape index (κ3) is 4.97. The Morgan fingerprint density at radius 1 is 1.27 bits per heavy atom. The molecular weight excluding hydrogens is 318 g/mol. The van der Waals surface area contributed by atoms with Crippen molar-refractivity contribution < 1.29 is 9.53 Å². The Bertz CT molecular complexity index is 631. The molecule has 3 nitrogen and oxygen atoms in total. The molecule has 1 atom stereocenters.